The Morgan fingerprint density at radius 1 is 0.356 bits per heavy atom. The Labute approximate surface area is 715 Å². The van der Waals surface area contributed by atoms with E-state index in [1.807, 2.05) is 231 Å². The molecule has 0 unspecified atom stereocenters. The standard InChI is InChI=1S/C24H23BO3.C21H14ClN3.C18H11ClO.C12H24B2O4.C12H8BO3.C6H4BrCl.CH3F.CH4/c1-23(2)24(3,4)28-25(27-23)18-12-9-16(10-13-18)17-11-14-20-19-7-5-6-8-21(19)26-22(20)15-17;22-21-24-19(17-9-5-2-6-10-17)23-20(25-21)18-13-11-16(12-14-18)15-7-3-1-4-8-15;19-14-8-5-12(6-9-14)13-7-10-16-15-3-1-2-4-17(15)20-18(16)11-13;1-9(2)10(3,4)16-13(15-9)14-17-11(5,6)12(7,8)18-14;14-13-16-8-5-6-10-9-3-1-2-4-11(9)15-12(10)7-8;7-5-1-3-6(8)4-2-5;1-2;/h5-15H,1-4H3;1-14H;1-11H;1-8H3;1-7,14H;1-4H;1H3;1H4/i;;;;;;1D;. The van der Waals surface area contributed by atoms with E-state index >= 15 is 0 Å². The second-order valence-corrected chi connectivity index (χ2v) is 33.2. The first-order valence-corrected chi connectivity index (χ1v) is 40.0. The highest BCUT2D eigenvalue weighted by atomic mass is 79.9. The van der Waals surface area contributed by atoms with Crippen molar-refractivity contribution in [3.63, 3.8) is 0 Å². The maximum absolute atomic E-state index is 9.96. The Morgan fingerprint density at radius 3 is 1.06 bits per heavy atom. The van der Waals surface area contributed by atoms with Crippen LogP contribution in [0.25, 0.3) is 122 Å². The van der Waals surface area contributed by atoms with Crippen LogP contribution in [0.4, 0.5) is 4.39 Å². The van der Waals surface area contributed by atoms with Gasteiger partial charge in [0.15, 0.2) is 11.6 Å². The summed E-state index contributed by atoms with van der Waals surface area (Å²) in [5.74, 6) is 1.69. The van der Waals surface area contributed by atoms with Crippen LogP contribution in [-0.2, 0) is 27.9 Å². The summed E-state index contributed by atoms with van der Waals surface area (Å²) in [7, 11) is -1.63. The largest absolute Gasteiger partial charge is 0.569 e. The smallest absolute Gasteiger partial charge is 0.537 e. The SMILES string of the molecule is C.CC1(C)OB(B2OC(C)(C)C(C)(C)O2)OC1(C)C.CC1(C)OB(c2ccc(-c3ccc4c(c3)oc3ccccc34)cc2)OC1(C)C.Clc1ccc(-c2ccc3c(c2)oc2ccccc23)cc1.Clc1ccc(Br)cc1.Clc1nc(-c2ccccc2)nc(-c2ccc(-c3ccccc3)cc2)n1.O[B]Oc1ccc2c(c1)oc1ccccc12.[2H]CF. The van der Waals surface area contributed by atoms with Crippen LogP contribution in [0.15, 0.2) is 303 Å². The number of rotatable bonds is 9. The van der Waals surface area contributed by atoms with Gasteiger partial charge in [-0.1, -0.05) is 235 Å². The second-order valence-electron chi connectivity index (χ2n) is 31.1. The summed E-state index contributed by atoms with van der Waals surface area (Å²) < 4.78 is 75.2. The van der Waals surface area contributed by atoms with E-state index in [2.05, 4.69) is 156 Å². The predicted octanol–water partition coefficient (Wildman–Crippen LogP) is 26.0. The maximum atomic E-state index is 9.96. The first-order valence-electron chi connectivity index (χ1n) is 38.8. The number of halogens is 5. The van der Waals surface area contributed by atoms with Gasteiger partial charge in [-0.05, 0) is 225 Å². The zero-order valence-corrected chi connectivity index (χ0v) is 70.8. The number of furan rings is 3. The number of nitrogens with zero attached hydrogens (tertiary/aromatic N) is 3. The van der Waals surface area contributed by atoms with Gasteiger partial charge in [0, 0.05) is 64.0 Å². The predicted molar refractivity (Wildman–Crippen MR) is 488 cm³/mol. The molecule has 3 aliphatic rings. The van der Waals surface area contributed by atoms with Crippen LogP contribution in [0.5, 0.6) is 5.75 Å². The summed E-state index contributed by atoms with van der Waals surface area (Å²) in [5.41, 5.74) is 12.9. The molecule has 0 saturated carbocycles. The van der Waals surface area contributed by atoms with Crippen molar-refractivity contribution < 1.29 is 56.6 Å². The molecule has 12 aromatic carbocycles. The van der Waals surface area contributed by atoms with Crippen molar-refractivity contribution in [2.75, 3.05) is 7.15 Å². The molecule has 3 saturated heterocycles. The fourth-order valence-electron chi connectivity index (χ4n) is 13.2. The van der Waals surface area contributed by atoms with Gasteiger partial charge < -0.3 is 50.9 Å². The number of benzene rings is 12. The summed E-state index contributed by atoms with van der Waals surface area (Å²) >= 11 is 20.9. The normalized spacial score (nSPS) is 15.6. The van der Waals surface area contributed by atoms with E-state index in [9.17, 15) is 4.39 Å². The number of alkyl halides is 1. The first kappa shape index (κ1) is 86.0. The first-order chi connectivity index (χ1) is 56.4. The highest BCUT2D eigenvalue weighted by Gasteiger charge is 2.64. The number of fused-ring (bicyclic) bond motifs is 9. The molecule has 4 aromatic heterocycles. The van der Waals surface area contributed by atoms with Crippen molar-refractivity contribution >= 4 is 151 Å². The Morgan fingerprint density at radius 2 is 0.653 bits per heavy atom. The molecule has 16 aromatic rings. The third kappa shape index (κ3) is 20.0. The minimum atomic E-state index is -1.00. The Kier molecular flexibility index (Phi) is 27.1. The molecule has 599 valence electrons. The molecule has 3 fully saturated rings. The van der Waals surface area contributed by atoms with Gasteiger partial charge in [0.25, 0.3) is 0 Å². The Bertz CT molecular complexity index is 5990. The van der Waals surface area contributed by atoms with Crippen molar-refractivity contribution in [3.05, 3.63) is 305 Å². The monoisotopic (exact) mass is 1700 g/mol. The van der Waals surface area contributed by atoms with E-state index in [1.165, 1.54) is 5.56 Å². The van der Waals surface area contributed by atoms with Gasteiger partial charge in [-0.2, -0.15) is 9.97 Å². The van der Waals surface area contributed by atoms with Crippen LogP contribution in [0.1, 0.15) is 91.9 Å². The van der Waals surface area contributed by atoms with E-state index in [0.717, 1.165) is 125 Å². The maximum Gasteiger partial charge on any atom is 0.569 e. The molecule has 3 aliphatic heterocycles. The second kappa shape index (κ2) is 37.2. The lowest BCUT2D eigenvalue weighted by Gasteiger charge is -2.32. The van der Waals surface area contributed by atoms with Crippen LogP contribution >= 0.6 is 50.7 Å². The van der Waals surface area contributed by atoms with Gasteiger partial charge in [0.2, 0.25) is 5.28 Å². The third-order valence-corrected chi connectivity index (χ3v) is 22.9. The van der Waals surface area contributed by atoms with Gasteiger partial charge in [-0.3, -0.25) is 4.39 Å². The molecule has 0 aliphatic carbocycles. The highest BCUT2D eigenvalue weighted by Crippen LogP contribution is 2.44. The number of para-hydroxylation sites is 3. The van der Waals surface area contributed by atoms with E-state index < -0.39 is 21.2 Å². The van der Waals surface area contributed by atoms with Gasteiger partial charge >= 0.3 is 28.8 Å². The molecule has 0 spiro atoms. The van der Waals surface area contributed by atoms with E-state index in [1.54, 1.807) is 12.1 Å². The molecule has 1 radical (unpaired) electrons. The average molecular weight is 1700 g/mol. The van der Waals surface area contributed by atoms with Gasteiger partial charge in [0.1, 0.15) is 39.2 Å². The van der Waals surface area contributed by atoms with Crippen LogP contribution in [0.3, 0.4) is 0 Å². The lowest BCUT2D eigenvalue weighted by molar-refractivity contribution is 0.00578. The van der Waals surface area contributed by atoms with Crippen molar-refractivity contribution in [2.45, 2.75) is 124 Å². The molecule has 14 nitrogen and oxygen atoms in total. The molecule has 0 atom stereocenters. The average Bonchev–Trinajstić information content (AvgIpc) is 1.61. The highest BCUT2D eigenvalue weighted by molar-refractivity contribution is 9.10. The summed E-state index contributed by atoms with van der Waals surface area (Å²) in [5, 5.41) is 17.0. The topological polar surface area (TPSA) is 163 Å². The molecular formula is C95H91B4BrCl3FN3O11. The molecule has 19 rings (SSSR count). The summed E-state index contributed by atoms with van der Waals surface area (Å²) in [4.78, 5) is 13.1. The quantitative estimate of drug-likeness (QED) is 0.136. The van der Waals surface area contributed by atoms with Crippen LogP contribution in [0.2, 0.25) is 15.3 Å². The van der Waals surface area contributed by atoms with Crippen LogP contribution < -0.4 is 10.1 Å². The molecule has 23 heteroatoms. The van der Waals surface area contributed by atoms with Gasteiger partial charge in [-0.25, -0.2) is 4.98 Å². The van der Waals surface area contributed by atoms with Crippen molar-refractivity contribution in [1.82, 2.24) is 15.0 Å². The van der Waals surface area contributed by atoms with E-state index in [4.69, 9.17) is 87.0 Å². The van der Waals surface area contributed by atoms with Crippen molar-refractivity contribution in [2.24, 2.45) is 0 Å². The number of aromatic nitrogens is 3. The summed E-state index contributed by atoms with van der Waals surface area (Å²) in [6.07, 6.45) is 0. The molecule has 118 heavy (non-hydrogen) atoms. The van der Waals surface area contributed by atoms with Crippen LogP contribution in [-0.4, -0.2) is 89.6 Å². The Balaban J connectivity index is 0.000000133. The van der Waals surface area contributed by atoms with Gasteiger partial charge in [-0.15, -0.1) is 0 Å². The lowest BCUT2D eigenvalue weighted by Crippen LogP contribution is -2.41. The zero-order chi connectivity index (χ0) is 83.7. The molecule has 1 N–H and O–H groups in total. The summed E-state index contributed by atoms with van der Waals surface area (Å²) in [6, 6.07) is 94.1. The van der Waals surface area contributed by atoms with Crippen molar-refractivity contribution in [3.8, 4) is 61.9 Å². The molecule has 0 amide bonds. The fraction of sp³-hybridized carbons (Fsp3) is 0.211. The fourth-order valence-corrected chi connectivity index (χ4v) is 13.8. The van der Waals surface area contributed by atoms with Crippen LogP contribution in [0, 0.1) is 0 Å². The number of hydrogen-bond donors (Lipinski definition) is 1. The minimum absolute atomic E-state index is 0. The minimum Gasteiger partial charge on any atom is -0.537 e. The lowest BCUT2D eigenvalue weighted by atomic mass is 9.49. The third-order valence-electron chi connectivity index (χ3n) is 21.7. The molecule has 7 heterocycles. The molecule has 0 bridgehead atoms. The van der Waals surface area contributed by atoms with E-state index in [0.29, 0.717) is 25.1 Å². The zero-order valence-electron chi connectivity index (χ0n) is 67.9. The number of hydrogen-bond acceptors (Lipinski definition) is 14. The Hall–Kier alpha value is -9.89. The van der Waals surface area contributed by atoms with Crippen molar-refractivity contribution in [1.29, 1.82) is 0 Å². The molecular weight excluding hydrogens is 1610 g/mol. The van der Waals surface area contributed by atoms with Gasteiger partial charge in [0.05, 0.1) is 42.1 Å². The van der Waals surface area contributed by atoms with E-state index in [-0.39, 0.29) is 53.4 Å². The summed E-state index contributed by atoms with van der Waals surface area (Å²) in [6.45, 7) is 24.5.